The summed E-state index contributed by atoms with van der Waals surface area (Å²) in [6, 6.07) is 102. The van der Waals surface area contributed by atoms with E-state index in [2.05, 4.69) is 303 Å². The predicted molar refractivity (Wildman–Crippen MR) is 345 cm³/mol. The number of fused-ring (bicyclic) bond motifs is 16. The molecule has 2 heterocycles. The molecule has 0 saturated heterocycles. The highest BCUT2D eigenvalue weighted by molar-refractivity contribution is 6.08. The molecule has 0 atom stereocenters. The first-order chi connectivity index (χ1) is 41.0. The second kappa shape index (κ2) is 19.3. The van der Waals surface area contributed by atoms with Crippen LogP contribution in [0.25, 0.3) is 94.0 Å². The van der Waals surface area contributed by atoms with Crippen LogP contribution in [0.15, 0.2) is 306 Å². The second-order valence-corrected chi connectivity index (χ2v) is 22.0. The molecule has 0 fully saturated rings. The zero-order valence-electron chi connectivity index (χ0n) is 45.9. The van der Waals surface area contributed by atoms with Crippen LogP contribution in [-0.2, 0) is 5.41 Å². The van der Waals surface area contributed by atoms with Crippen molar-refractivity contribution in [2.45, 2.75) is 19.3 Å². The lowest BCUT2D eigenvalue weighted by atomic mass is 9.68. The lowest BCUT2D eigenvalue weighted by Gasteiger charge is -2.33. The summed E-state index contributed by atoms with van der Waals surface area (Å²) in [7, 11) is 0. The van der Waals surface area contributed by atoms with Gasteiger partial charge in [0.05, 0.1) is 5.41 Å². The van der Waals surface area contributed by atoms with Crippen LogP contribution in [0, 0.1) is 0 Å². The Balaban J connectivity index is 0.999. The van der Waals surface area contributed by atoms with Gasteiger partial charge >= 0.3 is 0 Å². The molecule has 14 aromatic rings. The topological polar surface area (TPSA) is 32.8 Å². The van der Waals surface area contributed by atoms with Gasteiger partial charge in [0.15, 0.2) is 0 Å². The van der Waals surface area contributed by atoms with Gasteiger partial charge in [0.25, 0.3) is 0 Å². The van der Waals surface area contributed by atoms with Crippen molar-refractivity contribution < 1.29 is 8.83 Å². The minimum absolute atomic E-state index is 0.588. The molecular weight excluding hydrogens is 1010 g/mol. The van der Waals surface area contributed by atoms with Crippen LogP contribution in [-0.4, -0.2) is 0 Å². The highest BCUT2D eigenvalue weighted by Crippen LogP contribution is 2.65. The Kier molecular flexibility index (Phi) is 11.2. The Morgan fingerprint density at radius 2 is 0.795 bits per heavy atom. The van der Waals surface area contributed by atoms with Gasteiger partial charge in [-0.05, 0) is 177 Å². The maximum atomic E-state index is 6.51. The number of hydrogen-bond acceptors (Lipinski definition) is 4. The standard InChI is InChI=1S/C79H54N2O2/c1-51(53-20-5-3-6-21-53)36-37-52(2)80(58-42-44-76-69(49-58)66-27-12-17-34-74(66)82-76)60-46-56(62-29-19-30-68-65-26-11-16-33-73(65)79(78(62)68)71-31-14-9-24-63(71)64-25-10-15-32-72(64)79)47-61(48-60)81(57-40-38-55(39-41-57)54-22-7-4-8-23-54)59-43-45-77-70(50-59)67-28-13-18-35-75(67)83-77/h3-50H,1-2H3/b51-36+,52-37+. The monoisotopic (exact) mass is 1060 g/mol. The summed E-state index contributed by atoms with van der Waals surface area (Å²) in [6.07, 6.45) is 4.52. The van der Waals surface area contributed by atoms with Gasteiger partial charge in [0.2, 0.25) is 0 Å². The number of furan rings is 2. The molecule has 0 amide bonds. The van der Waals surface area contributed by atoms with E-state index in [1.807, 2.05) is 12.1 Å². The highest BCUT2D eigenvalue weighted by Gasteiger charge is 2.52. The van der Waals surface area contributed by atoms with E-state index < -0.39 is 5.41 Å². The van der Waals surface area contributed by atoms with E-state index in [1.165, 1.54) is 66.8 Å². The van der Waals surface area contributed by atoms with Gasteiger partial charge in [0, 0.05) is 55.7 Å². The van der Waals surface area contributed by atoms with Gasteiger partial charge in [-0.3, -0.25) is 0 Å². The summed E-state index contributed by atoms with van der Waals surface area (Å²) < 4.78 is 13.0. The molecule has 1 spiro atoms. The predicted octanol–water partition coefficient (Wildman–Crippen LogP) is 21.8. The molecule has 0 N–H and O–H groups in total. The number of nitrogens with zero attached hydrogens (tertiary/aromatic N) is 2. The smallest absolute Gasteiger partial charge is 0.135 e. The van der Waals surface area contributed by atoms with Gasteiger partial charge in [-0.15, -0.1) is 0 Å². The number of para-hydroxylation sites is 2. The number of rotatable bonds is 10. The Morgan fingerprint density at radius 1 is 0.325 bits per heavy atom. The molecule has 0 bridgehead atoms. The first-order valence-electron chi connectivity index (χ1n) is 28.6. The van der Waals surface area contributed by atoms with Crippen LogP contribution < -0.4 is 9.80 Å². The van der Waals surface area contributed by atoms with E-state index in [1.54, 1.807) is 0 Å². The first kappa shape index (κ1) is 48.2. The third-order valence-electron chi connectivity index (χ3n) is 17.4. The fourth-order valence-electron chi connectivity index (χ4n) is 13.7. The summed E-state index contributed by atoms with van der Waals surface area (Å²) in [5, 5.41) is 4.27. The SMILES string of the molecule is C/C(=C\C=C(/C)N(c1cc(-c2cccc3c2C2(c4ccccc4-c4ccccc42)c2ccccc2-3)cc(N(c2ccc(-c3ccccc3)cc2)c2ccc3oc4ccccc4c3c2)c1)c1ccc2oc3ccccc3c2c1)c1ccccc1. The molecule has 0 radical (unpaired) electrons. The largest absolute Gasteiger partial charge is 0.456 e. The Morgan fingerprint density at radius 3 is 1.43 bits per heavy atom. The van der Waals surface area contributed by atoms with Gasteiger partial charge in [0.1, 0.15) is 22.3 Å². The molecule has 2 aliphatic rings. The highest BCUT2D eigenvalue weighted by atomic mass is 16.3. The van der Waals surface area contributed by atoms with Crippen molar-refractivity contribution in [3.63, 3.8) is 0 Å². The van der Waals surface area contributed by atoms with Crippen molar-refractivity contribution in [1.29, 1.82) is 0 Å². The lowest BCUT2D eigenvalue weighted by Crippen LogP contribution is -2.26. The molecule has 12 aromatic carbocycles. The van der Waals surface area contributed by atoms with Crippen molar-refractivity contribution in [3.8, 4) is 44.5 Å². The van der Waals surface area contributed by atoms with Crippen LogP contribution >= 0.6 is 0 Å². The van der Waals surface area contributed by atoms with Crippen LogP contribution in [0.1, 0.15) is 41.7 Å². The van der Waals surface area contributed by atoms with Crippen LogP contribution in [0.3, 0.4) is 0 Å². The van der Waals surface area contributed by atoms with Crippen LogP contribution in [0.2, 0.25) is 0 Å². The zero-order valence-corrected chi connectivity index (χ0v) is 45.9. The third-order valence-corrected chi connectivity index (χ3v) is 17.4. The molecule has 0 unspecified atom stereocenters. The average molecular weight is 1060 g/mol. The lowest BCUT2D eigenvalue weighted by molar-refractivity contribution is 0.668. The number of hydrogen-bond donors (Lipinski definition) is 0. The van der Waals surface area contributed by atoms with E-state index in [0.29, 0.717) is 0 Å². The van der Waals surface area contributed by atoms with E-state index in [-0.39, 0.29) is 0 Å². The van der Waals surface area contributed by atoms with Crippen LogP contribution in [0.4, 0.5) is 28.4 Å². The van der Waals surface area contributed by atoms with E-state index in [4.69, 9.17) is 8.83 Å². The average Bonchev–Trinajstić information content (AvgIpc) is 1.59. The summed E-state index contributed by atoms with van der Waals surface area (Å²) in [5.74, 6) is 0. The molecule has 392 valence electrons. The van der Waals surface area contributed by atoms with Crippen molar-refractivity contribution in [3.05, 3.63) is 325 Å². The Bertz CT molecular complexity index is 4880. The zero-order chi connectivity index (χ0) is 55.2. The van der Waals surface area contributed by atoms with Gasteiger partial charge < -0.3 is 18.6 Å². The maximum Gasteiger partial charge on any atom is 0.135 e. The van der Waals surface area contributed by atoms with E-state index >= 15 is 0 Å². The fraction of sp³-hybridized carbons (Fsp3) is 0.0380. The summed E-state index contributed by atoms with van der Waals surface area (Å²) >= 11 is 0. The molecule has 4 heteroatoms. The third kappa shape index (κ3) is 7.67. The molecule has 16 rings (SSSR count). The summed E-state index contributed by atoms with van der Waals surface area (Å²) in [4.78, 5) is 4.86. The molecule has 4 nitrogen and oxygen atoms in total. The van der Waals surface area contributed by atoms with Crippen molar-refractivity contribution in [2.75, 3.05) is 9.80 Å². The molecule has 2 aliphatic carbocycles. The van der Waals surface area contributed by atoms with E-state index in [0.717, 1.165) is 89.1 Å². The fourth-order valence-corrected chi connectivity index (χ4v) is 13.7. The van der Waals surface area contributed by atoms with Gasteiger partial charge in [-0.25, -0.2) is 0 Å². The number of anilines is 5. The normalized spacial score (nSPS) is 13.2. The second-order valence-electron chi connectivity index (χ2n) is 22.0. The molecule has 0 aliphatic heterocycles. The minimum atomic E-state index is -0.588. The van der Waals surface area contributed by atoms with Gasteiger partial charge in [-0.2, -0.15) is 0 Å². The van der Waals surface area contributed by atoms with Crippen molar-refractivity contribution in [2.24, 2.45) is 0 Å². The summed E-state index contributed by atoms with van der Waals surface area (Å²) in [5.41, 5.74) is 26.1. The van der Waals surface area contributed by atoms with Crippen molar-refractivity contribution >= 4 is 77.9 Å². The molecular formula is C79H54N2O2. The molecule has 2 aromatic heterocycles. The van der Waals surface area contributed by atoms with Crippen LogP contribution in [0.5, 0.6) is 0 Å². The molecule has 0 saturated carbocycles. The first-order valence-corrected chi connectivity index (χ1v) is 28.6. The quantitative estimate of drug-likeness (QED) is 0.128. The number of benzene rings is 12. The minimum Gasteiger partial charge on any atom is -0.456 e. The maximum absolute atomic E-state index is 6.51. The van der Waals surface area contributed by atoms with E-state index in [9.17, 15) is 0 Å². The Hall–Kier alpha value is -10.7. The van der Waals surface area contributed by atoms with Gasteiger partial charge in [-0.1, -0.05) is 206 Å². The Labute approximate surface area is 482 Å². The van der Waals surface area contributed by atoms with Crippen molar-refractivity contribution in [1.82, 2.24) is 0 Å². The summed E-state index contributed by atoms with van der Waals surface area (Å²) in [6.45, 7) is 4.42. The molecule has 83 heavy (non-hydrogen) atoms. The number of allylic oxidation sites excluding steroid dienone is 4.